The average Bonchev–Trinajstić information content (AvgIpc) is 2.38. The van der Waals surface area contributed by atoms with Gasteiger partial charge in [-0.2, -0.15) is 0 Å². The van der Waals surface area contributed by atoms with Gasteiger partial charge >= 0.3 is 0 Å². The predicted octanol–water partition coefficient (Wildman–Crippen LogP) is 5.17. The van der Waals surface area contributed by atoms with Gasteiger partial charge in [-0.25, -0.2) is 4.39 Å². The van der Waals surface area contributed by atoms with Gasteiger partial charge in [0, 0.05) is 6.42 Å². The highest BCUT2D eigenvalue weighted by molar-refractivity contribution is 5.45. The fourth-order valence-electron chi connectivity index (χ4n) is 2.44. The van der Waals surface area contributed by atoms with Gasteiger partial charge in [0.15, 0.2) is 0 Å². The number of hydrogen-bond acceptors (Lipinski definition) is 0. The Balaban J connectivity index is 2.23. The highest BCUT2D eigenvalue weighted by Gasteiger charge is 2.14. The van der Waals surface area contributed by atoms with Crippen molar-refractivity contribution >= 4 is 0 Å². The van der Waals surface area contributed by atoms with Crippen LogP contribution in [0.25, 0.3) is 0 Å². The minimum Gasteiger partial charge on any atom is -0.212 e. The Labute approximate surface area is 103 Å². The molecule has 2 aliphatic carbocycles. The number of rotatable bonds is 4. The van der Waals surface area contributed by atoms with Crippen molar-refractivity contribution in [3.63, 3.8) is 0 Å². The average molecular weight is 230 g/mol. The zero-order chi connectivity index (χ0) is 12.1. The second-order valence-electron chi connectivity index (χ2n) is 4.58. The van der Waals surface area contributed by atoms with E-state index in [1.165, 1.54) is 16.7 Å². The van der Waals surface area contributed by atoms with E-state index in [1.54, 1.807) is 6.08 Å². The van der Waals surface area contributed by atoms with E-state index in [0.717, 1.165) is 32.1 Å². The molecule has 0 atom stereocenters. The monoisotopic (exact) mass is 230 g/mol. The lowest BCUT2D eigenvalue weighted by Crippen LogP contribution is -2.01. The van der Waals surface area contributed by atoms with Crippen molar-refractivity contribution in [2.24, 2.45) is 0 Å². The van der Waals surface area contributed by atoms with E-state index < -0.39 is 0 Å². The molecule has 0 aliphatic heterocycles. The van der Waals surface area contributed by atoms with Crippen LogP contribution in [0.1, 0.15) is 38.5 Å². The Hall–Kier alpha value is -1.37. The second kappa shape index (κ2) is 5.81. The fraction of sp³-hybridized carbons (Fsp3) is 0.375. The molecule has 2 rings (SSSR count). The van der Waals surface area contributed by atoms with Crippen molar-refractivity contribution in [2.75, 3.05) is 0 Å². The van der Waals surface area contributed by atoms with Crippen LogP contribution in [0, 0.1) is 0 Å². The summed E-state index contributed by atoms with van der Waals surface area (Å²) in [5.41, 5.74) is 4.19. The molecule has 0 amide bonds. The van der Waals surface area contributed by atoms with Crippen LogP contribution in [-0.2, 0) is 0 Å². The molecule has 90 valence electrons. The molecular weight excluding hydrogens is 211 g/mol. The van der Waals surface area contributed by atoms with E-state index in [-0.39, 0.29) is 5.83 Å². The fourth-order valence-corrected chi connectivity index (χ4v) is 2.44. The molecule has 0 nitrogen and oxygen atoms in total. The molecule has 0 aromatic carbocycles. The first-order valence-electron chi connectivity index (χ1n) is 6.36. The van der Waals surface area contributed by atoms with Crippen molar-refractivity contribution < 1.29 is 4.39 Å². The van der Waals surface area contributed by atoms with Gasteiger partial charge in [-0.05, 0) is 54.9 Å². The normalized spacial score (nSPS) is 20.1. The lowest BCUT2D eigenvalue weighted by atomic mass is 9.86. The lowest BCUT2D eigenvalue weighted by molar-refractivity contribution is 0.582. The summed E-state index contributed by atoms with van der Waals surface area (Å²) in [7, 11) is 0. The first-order chi connectivity index (χ1) is 8.31. The summed E-state index contributed by atoms with van der Waals surface area (Å²) in [5, 5.41) is 0. The van der Waals surface area contributed by atoms with Crippen molar-refractivity contribution in [1.82, 2.24) is 0 Å². The zero-order valence-corrected chi connectivity index (χ0v) is 10.2. The number of allylic oxidation sites excluding steroid dienone is 9. The van der Waals surface area contributed by atoms with Crippen molar-refractivity contribution in [3.8, 4) is 0 Å². The van der Waals surface area contributed by atoms with E-state index in [0.29, 0.717) is 6.42 Å². The molecule has 0 saturated heterocycles. The molecule has 2 aliphatic rings. The zero-order valence-electron chi connectivity index (χ0n) is 10.2. The third-order valence-electron chi connectivity index (χ3n) is 3.37. The summed E-state index contributed by atoms with van der Waals surface area (Å²) in [5.74, 6) is 0.00773. The van der Waals surface area contributed by atoms with Gasteiger partial charge in [0.05, 0.1) is 0 Å². The van der Waals surface area contributed by atoms with Crippen LogP contribution in [0.15, 0.2) is 59.5 Å². The van der Waals surface area contributed by atoms with Crippen LogP contribution >= 0.6 is 0 Å². The highest BCUT2D eigenvalue weighted by atomic mass is 19.1. The van der Waals surface area contributed by atoms with Crippen LogP contribution < -0.4 is 0 Å². The van der Waals surface area contributed by atoms with E-state index in [9.17, 15) is 4.39 Å². The van der Waals surface area contributed by atoms with E-state index in [4.69, 9.17) is 0 Å². The molecule has 0 saturated carbocycles. The Morgan fingerprint density at radius 2 is 2.12 bits per heavy atom. The molecule has 0 unspecified atom stereocenters. The van der Waals surface area contributed by atoms with Crippen LogP contribution in [-0.4, -0.2) is 0 Å². The second-order valence-corrected chi connectivity index (χ2v) is 4.58. The first-order valence-corrected chi connectivity index (χ1v) is 6.36. The summed E-state index contributed by atoms with van der Waals surface area (Å²) >= 11 is 0. The van der Waals surface area contributed by atoms with Crippen molar-refractivity contribution in [2.45, 2.75) is 38.5 Å². The predicted molar refractivity (Wildman–Crippen MR) is 71.3 cm³/mol. The minimum absolute atomic E-state index is 0.00773. The third kappa shape index (κ3) is 3.06. The van der Waals surface area contributed by atoms with Gasteiger partial charge in [-0.3, -0.25) is 0 Å². The number of hydrogen-bond donors (Lipinski definition) is 0. The standard InChI is InChI=1S/C16H19F/c1-2-3-6-13-7-4-5-8-16(13)14-9-11-15(17)12-10-14/h2,4,7,9,11H,1,3,5-6,8,10,12H2. The van der Waals surface area contributed by atoms with E-state index in [2.05, 4.69) is 18.7 Å². The van der Waals surface area contributed by atoms with Crippen LogP contribution in [0.2, 0.25) is 0 Å². The van der Waals surface area contributed by atoms with E-state index in [1.807, 2.05) is 12.2 Å². The highest BCUT2D eigenvalue weighted by Crippen LogP contribution is 2.33. The summed E-state index contributed by atoms with van der Waals surface area (Å²) in [4.78, 5) is 0. The molecule has 0 aromatic heterocycles. The van der Waals surface area contributed by atoms with Gasteiger partial charge in [0.1, 0.15) is 5.83 Å². The maximum absolute atomic E-state index is 13.0. The van der Waals surface area contributed by atoms with E-state index >= 15 is 0 Å². The molecule has 0 N–H and O–H groups in total. The molecule has 17 heavy (non-hydrogen) atoms. The molecule has 0 fully saturated rings. The Bertz CT molecular complexity index is 419. The Morgan fingerprint density at radius 1 is 1.24 bits per heavy atom. The Kier molecular flexibility index (Phi) is 4.13. The maximum Gasteiger partial charge on any atom is 0.100 e. The smallest absolute Gasteiger partial charge is 0.100 e. The summed E-state index contributed by atoms with van der Waals surface area (Å²) < 4.78 is 13.0. The molecule has 1 heteroatoms. The van der Waals surface area contributed by atoms with Crippen molar-refractivity contribution in [1.29, 1.82) is 0 Å². The molecule has 0 radical (unpaired) electrons. The molecular formula is C16H19F. The third-order valence-corrected chi connectivity index (χ3v) is 3.37. The lowest BCUT2D eigenvalue weighted by Gasteiger charge is -2.20. The van der Waals surface area contributed by atoms with Gasteiger partial charge in [-0.1, -0.05) is 24.3 Å². The topological polar surface area (TPSA) is 0 Å². The van der Waals surface area contributed by atoms with Gasteiger partial charge in [-0.15, -0.1) is 6.58 Å². The number of halogens is 1. The minimum atomic E-state index is 0.00773. The van der Waals surface area contributed by atoms with Crippen LogP contribution in [0.4, 0.5) is 4.39 Å². The summed E-state index contributed by atoms with van der Waals surface area (Å²) in [6, 6.07) is 0. The molecule has 0 spiro atoms. The first kappa shape index (κ1) is 12.1. The molecule has 0 bridgehead atoms. The van der Waals surface area contributed by atoms with Gasteiger partial charge in [0.2, 0.25) is 0 Å². The van der Waals surface area contributed by atoms with Crippen LogP contribution in [0.3, 0.4) is 0 Å². The molecule has 0 aromatic rings. The SMILES string of the molecule is C=CCCC1=C(C2=CC=C(F)CC2)CCC=C1. The van der Waals surface area contributed by atoms with Gasteiger partial charge < -0.3 is 0 Å². The summed E-state index contributed by atoms with van der Waals surface area (Å²) in [6.45, 7) is 3.77. The van der Waals surface area contributed by atoms with Gasteiger partial charge in [0.25, 0.3) is 0 Å². The Morgan fingerprint density at radius 3 is 2.82 bits per heavy atom. The largest absolute Gasteiger partial charge is 0.212 e. The quantitative estimate of drug-likeness (QED) is 0.584. The molecule has 0 heterocycles. The van der Waals surface area contributed by atoms with Crippen LogP contribution in [0.5, 0.6) is 0 Å². The maximum atomic E-state index is 13.0. The van der Waals surface area contributed by atoms with Crippen molar-refractivity contribution in [3.05, 3.63) is 59.5 Å². The summed E-state index contributed by atoms with van der Waals surface area (Å²) in [6.07, 6.45) is 15.7.